The van der Waals surface area contributed by atoms with Crippen LogP contribution < -0.4 is 4.90 Å². The Morgan fingerprint density at radius 3 is 1.32 bits per heavy atom. The van der Waals surface area contributed by atoms with Crippen molar-refractivity contribution in [3.63, 3.8) is 0 Å². The van der Waals surface area contributed by atoms with Crippen molar-refractivity contribution >= 4 is 72.4 Å². The van der Waals surface area contributed by atoms with Gasteiger partial charge in [0, 0.05) is 33.4 Å². The van der Waals surface area contributed by atoms with Crippen LogP contribution in [0.3, 0.4) is 0 Å². The van der Waals surface area contributed by atoms with Crippen molar-refractivity contribution in [1.82, 2.24) is 13.3 Å². The average Bonchev–Trinajstić information content (AvgIpc) is 4.24. The van der Waals surface area contributed by atoms with Crippen LogP contribution in [0.5, 0.6) is 0 Å². The smallest absolute Gasteiger partial charge is 0.129 e. The van der Waals surface area contributed by atoms with Gasteiger partial charge >= 0.3 is 0 Å². The monoisotopic (exact) mass is 1060 g/mol. The number of fused-ring (bicyclic) bond motifs is 5. The summed E-state index contributed by atoms with van der Waals surface area (Å²) in [5.74, 6) is 0. The minimum Gasteiger partial charge on any atom is -0.309 e. The summed E-state index contributed by atoms with van der Waals surface area (Å²) < 4.78 is 12.4. The molecule has 0 atom stereocenters. The third-order valence-corrected chi connectivity index (χ3v) is 17.0. The molecule has 12 aromatic carbocycles. The average molecular weight is 1060 g/mol. The van der Waals surface area contributed by atoms with Crippen molar-refractivity contribution in [2.24, 2.45) is 0 Å². The lowest BCUT2D eigenvalue weighted by molar-refractivity contribution is 1.18. The molecule has 2 heterocycles. The summed E-state index contributed by atoms with van der Waals surface area (Å²) in [4.78, 5) is 2.30. The minimum absolute atomic E-state index is 0.864. The molecule has 0 aliphatic heterocycles. The fourth-order valence-corrected chi connectivity index (χ4v) is 13.4. The zero-order chi connectivity index (χ0) is 54.9. The van der Waals surface area contributed by atoms with Gasteiger partial charge in [-0.2, -0.15) is 8.75 Å². The zero-order valence-electron chi connectivity index (χ0n) is 46.3. The van der Waals surface area contributed by atoms with E-state index in [0.29, 0.717) is 0 Å². The molecule has 2 aromatic heterocycles. The maximum Gasteiger partial charge on any atom is 0.129 e. The molecule has 81 heavy (non-hydrogen) atoms. The first-order chi connectivity index (χ1) is 39.6. The van der Waals surface area contributed by atoms with Gasteiger partial charge in [-0.3, -0.25) is 0 Å². The molecule has 0 amide bonds. The Labute approximate surface area is 477 Å². The molecular formula is C76H58N4S. The number of hydrogen-bond donors (Lipinski definition) is 0. The van der Waals surface area contributed by atoms with E-state index in [1.807, 2.05) is 0 Å². The van der Waals surface area contributed by atoms with Crippen molar-refractivity contribution in [3.8, 4) is 72.4 Å². The van der Waals surface area contributed by atoms with E-state index in [1.54, 1.807) is 0 Å². The van der Waals surface area contributed by atoms with Gasteiger partial charge in [0.05, 0.1) is 28.4 Å². The normalized spacial score (nSPS) is 11.6. The summed E-state index contributed by atoms with van der Waals surface area (Å²) >= 11 is 1.26. The standard InChI is InChI=1S/C76H58N4S/c1-47-40-49(3)73(50(4)41-47)58-21-16-54(17-22-58)62-30-37-70-68(45-62)69-46-63(55-18-23-59(24-19-55)74-51(5)42-48(2)43-52(74)6)31-38-71(69)80(70)66-34-28-57(29-35-66)67-36-39-72(76-75(67)77-81-78-76)79(64-14-8-7-9-15-64)65-32-26-56(27-33-65)61-25-20-53-12-10-11-13-60(53)44-61/h7-46H,1-6H3. The zero-order valence-corrected chi connectivity index (χ0v) is 47.1. The molecule has 14 rings (SSSR count). The van der Waals surface area contributed by atoms with E-state index in [4.69, 9.17) is 8.75 Å². The maximum atomic E-state index is 5.00. The third-order valence-electron chi connectivity index (χ3n) is 16.4. The van der Waals surface area contributed by atoms with Gasteiger partial charge in [0.1, 0.15) is 11.0 Å². The number of nitrogens with zero attached hydrogens (tertiary/aromatic N) is 4. The summed E-state index contributed by atoms with van der Waals surface area (Å²) in [6.45, 7) is 13.2. The second-order valence-corrected chi connectivity index (χ2v) is 22.5. The fraction of sp³-hybridized carbons (Fsp3) is 0.0789. The summed E-state index contributed by atoms with van der Waals surface area (Å²) in [7, 11) is 0. The fourth-order valence-electron chi connectivity index (χ4n) is 12.8. The first kappa shape index (κ1) is 49.6. The van der Waals surface area contributed by atoms with Crippen LogP contribution in [0.25, 0.3) is 116 Å². The van der Waals surface area contributed by atoms with Crippen LogP contribution in [0.1, 0.15) is 33.4 Å². The van der Waals surface area contributed by atoms with Crippen LogP contribution in [0.15, 0.2) is 243 Å². The summed E-state index contributed by atoms with van der Waals surface area (Å²) in [5.41, 5.74) is 30.4. The minimum atomic E-state index is 0.864. The molecular weight excluding hydrogens is 1000 g/mol. The molecule has 0 aliphatic carbocycles. The lowest BCUT2D eigenvalue weighted by atomic mass is 9.92. The number of aryl methyl sites for hydroxylation is 6. The molecule has 0 radical (unpaired) electrons. The first-order valence-corrected chi connectivity index (χ1v) is 28.6. The highest BCUT2D eigenvalue weighted by atomic mass is 32.1. The highest BCUT2D eigenvalue weighted by Gasteiger charge is 2.22. The second kappa shape index (κ2) is 20.2. The van der Waals surface area contributed by atoms with Crippen molar-refractivity contribution in [2.45, 2.75) is 41.5 Å². The van der Waals surface area contributed by atoms with E-state index in [-0.39, 0.29) is 0 Å². The van der Waals surface area contributed by atoms with Gasteiger partial charge in [0.15, 0.2) is 0 Å². The van der Waals surface area contributed by atoms with E-state index < -0.39 is 0 Å². The van der Waals surface area contributed by atoms with Gasteiger partial charge in [-0.05, 0) is 215 Å². The number of rotatable bonds is 10. The number of anilines is 3. The van der Waals surface area contributed by atoms with Gasteiger partial charge in [-0.25, -0.2) is 0 Å². The molecule has 14 aromatic rings. The van der Waals surface area contributed by atoms with Crippen LogP contribution in [-0.4, -0.2) is 13.3 Å². The molecule has 0 N–H and O–H groups in total. The van der Waals surface area contributed by atoms with Crippen LogP contribution in [0.4, 0.5) is 17.1 Å². The number of para-hydroxylation sites is 1. The SMILES string of the molecule is Cc1cc(C)c(-c2ccc(-c3ccc4c(c3)c3cc(-c5ccc(-c6c(C)cc(C)cc6C)cc5)ccc3n4-c3ccc(-c4ccc(N(c5ccccc5)c5ccc(-c6ccc7ccccc7c6)cc5)c5nsnc45)cc3)cc2)c(C)c1. The number of hydrogen-bond acceptors (Lipinski definition) is 4. The van der Waals surface area contributed by atoms with Gasteiger partial charge < -0.3 is 9.47 Å². The van der Waals surface area contributed by atoms with Gasteiger partial charge in [-0.1, -0.05) is 175 Å². The Balaban J connectivity index is 0.833. The second-order valence-electron chi connectivity index (χ2n) is 21.9. The highest BCUT2D eigenvalue weighted by molar-refractivity contribution is 7.00. The molecule has 0 unspecified atom stereocenters. The lowest BCUT2D eigenvalue weighted by Crippen LogP contribution is -2.10. The van der Waals surface area contributed by atoms with E-state index in [0.717, 1.165) is 55.9 Å². The number of benzene rings is 12. The predicted molar refractivity (Wildman–Crippen MR) is 345 cm³/mol. The molecule has 0 aliphatic rings. The van der Waals surface area contributed by atoms with Crippen LogP contribution in [0, 0.1) is 41.5 Å². The van der Waals surface area contributed by atoms with Crippen molar-refractivity contribution in [1.29, 1.82) is 0 Å². The maximum absolute atomic E-state index is 5.00. The van der Waals surface area contributed by atoms with Gasteiger partial charge in [0.2, 0.25) is 0 Å². The molecule has 0 saturated heterocycles. The third kappa shape index (κ3) is 8.97. The predicted octanol–water partition coefficient (Wildman–Crippen LogP) is 21.3. The Hall–Kier alpha value is -9.68. The summed E-state index contributed by atoms with van der Waals surface area (Å²) in [6.07, 6.45) is 0. The Kier molecular flexibility index (Phi) is 12.4. The van der Waals surface area contributed by atoms with Crippen LogP contribution in [0.2, 0.25) is 0 Å². The quantitative estimate of drug-likeness (QED) is 0.137. The Morgan fingerprint density at radius 1 is 0.333 bits per heavy atom. The molecule has 388 valence electrons. The molecule has 0 fully saturated rings. The van der Waals surface area contributed by atoms with Gasteiger partial charge in [0.25, 0.3) is 0 Å². The van der Waals surface area contributed by atoms with E-state index in [1.165, 1.54) is 122 Å². The molecule has 0 bridgehead atoms. The van der Waals surface area contributed by atoms with E-state index in [9.17, 15) is 0 Å². The summed E-state index contributed by atoms with van der Waals surface area (Å²) in [6, 6.07) is 89.3. The van der Waals surface area contributed by atoms with Gasteiger partial charge in [-0.15, -0.1) is 0 Å². The number of aromatic nitrogens is 3. The molecule has 0 spiro atoms. The first-order valence-electron chi connectivity index (χ1n) is 27.9. The molecule has 5 heteroatoms. The Bertz CT molecular complexity index is 4520. The van der Waals surface area contributed by atoms with E-state index in [2.05, 4.69) is 294 Å². The topological polar surface area (TPSA) is 34.0 Å². The van der Waals surface area contributed by atoms with Crippen LogP contribution >= 0.6 is 11.7 Å². The highest BCUT2D eigenvalue weighted by Crippen LogP contribution is 2.44. The molecule has 4 nitrogen and oxygen atoms in total. The van der Waals surface area contributed by atoms with Crippen molar-refractivity contribution in [3.05, 3.63) is 276 Å². The van der Waals surface area contributed by atoms with Crippen LogP contribution in [-0.2, 0) is 0 Å². The van der Waals surface area contributed by atoms with Crippen molar-refractivity contribution < 1.29 is 0 Å². The largest absolute Gasteiger partial charge is 0.309 e. The van der Waals surface area contributed by atoms with E-state index >= 15 is 0 Å². The Morgan fingerprint density at radius 2 is 0.765 bits per heavy atom. The lowest BCUT2D eigenvalue weighted by Gasteiger charge is -2.26. The molecule has 0 saturated carbocycles. The van der Waals surface area contributed by atoms with Crippen molar-refractivity contribution in [2.75, 3.05) is 4.90 Å². The summed E-state index contributed by atoms with van der Waals surface area (Å²) in [5, 5.41) is 4.89.